The molecule has 0 aliphatic carbocycles. The molecule has 0 radical (unpaired) electrons. The standard InChI is InChI=1S/C26H32FN5O2S/c1-14-4-7-20-25(29-14)35-23(26(20,2)28)24(33)30-15-8-19-21(27)9-18(10-22(19)34-13-15)32-11-16-5-6-17(12-32)31(16)3/h4,7,9-10,15-17,23H,5-6,8,11-13,28H2,1-3H3,(H,30,33)/t15-,16?,17?,23?,26?/m0/s1. The molecule has 1 amide bonds. The summed E-state index contributed by atoms with van der Waals surface area (Å²) in [5, 5.41) is 3.36. The van der Waals surface area contributed by atoms with Crippen molar-refractivity contribution in [1.82, 2.24) is 15.2 Å². The molecule has 5 atom stereocenters. The van der Waals surface area contributed by atoms with Gasteiger partial charge in [0.15, 0.2) is 0 Å². The first-order chi connectivity index (χ1) is 16.7. The van der Waals surface area contributed by atoms with E-state index in [1.165, 1.54) is 24.6 Å². The number of anilines is 1. The quantitative estimate of drug-likeness (QED) is 0.674. The second kappa shape index (κ2) is 8.35. The van der Waals surface area contributed by atoms with Crippen LogP contribution in [-0.2, 0) is 16.8 Å². The number of nitrogens with one attached hydrogen (secondary N) is 1. The first-order valence-electron chi connectivity index (χ1n) is 12.4. The van der Waals surface area contributed by atoms with Crippen LogP contribution < -0.4 is 20.7 Å². The van der Waals surface area contributed by atoms with Crippen molar-refractivity contribution in [2.24, 2.45) is 5.73 Å². The van der Waals surface area contributed by atoms with E-state index in [1.54, 1.807) is 6.07 Å². The van der Waals surface area contributed by atoms with Gasteiger partial charge in [-0.2, -0.15) is 0 Å². The number of benzene rings is 1. The predicted octanol–water partition coefficient (Wildman–Crippen LogP) is 2.58. The number of ether oxygens (including phenoxy) is 1. The number of nitrogens with two attached hydrogens (primary N) is 1. The minimum atomic E-state index is -0.833. The summed E-state index contributed by atoms with van der Waals surface area (Å²) in [6.45, 7) is 5.92. The van der Waals surface area contributed by atoms with Crippen molar-refractivity contribution in [3.8, 4) is 5.75 Å². The fourth-order valence-corrected chi connectivity index (χ4v) is 7.41. The number of pyridine rings is 1. The lowest BCUT2D eigenvalue weighted by Crippen LogP contribution is -2.53. The van der Waals surface area contributed by atoms with Gasteiger partial charge in [-0.15, -0.1) is 0 Å². The third-order valence-corrected chi connectivity index (χ3v) is 9.65. The maximum atomic E-state index is 15.3. The summed E-state index contributed by atoms with van der Waals surface area (Å²) in [7, 11) is 2.19. The number of aryl methyl sites for hydroxylation is 1. The summed E-state index contributed by atoms with van der Waals surface area (Å²) in [5.74, 6) is 0.147. The molecule has 7 nitrogen and oxygen atoms in total. The maximum absolute atomic E-state index is 15.3. The van der Waals surface area contributed by atoms with Crippen LogP contribution in [-0.4, -0.2) is 65.9 Å². The molecular weight excluding hydrogens is 465 g/mol. The normalized spacial score (nSPS) is 31.6. The molecule has 186 valence electrons. The SMILES string of the molecule is Cc1ccc2c(n1)SC(C(=O)N[C@@H]1COc3cc(N4CC5CCC(C4)N5C)cc(F)c3C1)C2(C)N. The molecular formula is C26H32FN5O2S. The van der Waals surface area contributed by atoms with Gasteiger partial charge in [0.25, 0.3) is 0 Å². The molecule has 3 N–H and O–H groups in total. The van der Waals surface area contributed by atoms with E-state index >= 15 is 4.39 Å². The summed E-state index contributed by atoms with van der Waals surface area (Å²) in [5.41, 5.74) is 8.94. The fraction of sp³-hybridized carbons (Fsp3) is 0.538. The van der Waals surface area contributed by atoms with E-state index in [9.17, 15) is 4.79 Å². The van der Waals surface area contributed by atoms with E-state index in [0.717, 1.165) is 35.1 Å². The summed E-state index contributed by atoms with van der Waals surface area (Å²) >= 11 is 1.39. The first kappa shape index (κ1) is 23.1. The zero-order valence-corrected chi connectivity index (χ0v) is 21.2. The van der Waals surface area contributed by atoms with Gasteiger partial charge in [0.05, 0.1) is 11.6 Å². The molecule has 2 fully saturated rings. The van der Waals surface area contributed by atoms with E-state index in [-0.39, 0.29) is 17.8 Å². The number of fused-ring (bicyclic) bond motifs is 4. The van der Waals surface area contributed by atoms with E-state index in [4.69, 9.17) is 10.5 Å². The molecule has 5 heterocycles. The monoisotopic (exact) mass is 497 g/mol. The van der Waals surface area contributed by atoms with Crippen molar-refractivity contribution in [2.75, 3.05) is 31.6 Å². The van der Waals surface area contributed by atoms with E-state index in [2.05, 4.69) is 27.1 Å². The molecule has 1 aromatic heterocycles. The Hall–Kier alpha value is -2.36. The lowest BCUT2D eigenvalue weighted by atomic mass is 9.90. The number of nitrogens with zero attached hydrogens (tertiary/aromatic N) is 3. The van der Waals surface area contributed by atoms with Crippen molar-refractivity contribution in [3.63, 3.8) is 0 Å². The van der Waals surface area contributed by atoms with Gasteiger partial charge in [-0.3, -0.25) is 9.69 Å². The Morgan fingerprint density at radius 3 is 2.77 bits per heavy atom. The van der Waals surface area contributed by atoms with Gasteiger partial charge in [-0.25, -0.2) is 9.37 Å². The minimum Gasteiger partial charge on any atom is -0.491 e. The molecule has 4 aliphatic heterocycles. The molecule has 2 saturated heterocycles. The Kier molecular flexibility index (Phi) is 5.50. The number of piperazine rings is 1. The number of carbonyl (C=O) groups is 1. The van der Waals surface area contributed by atoms with Crippen molar-refractivity contribution in [1.29, 1.82) is 0 Å². The smallest absolute Gasteiger partial charge is 0.236 e. The van der Waals surface area contributed by atoms with Crippen LogP contribution in [0.2, 0.25) is 0 Å². The number of aromatic nitrogens is 1. The largest absolute Gasteiger partial charge is 0.491 e. The van der Waals surface area contributed by atoms with E-state index in [1.807, 2.05) is 32.0 Å². The van der Waals surface area contributed by atoms with Crippen molar-refractivity contribution < 1.29 is 13.9 Å². The second-order valence-corrected chi connectivity index (χ2v) is 11.8. The minimum absolute atomic E-state index is 0.169. The number of rotatable bonds is 3. The summed E-state index contributed by atoms with van der Waals surface area (Å²) in [6, 6.07) is 8.21. The van der Waals surface area contributed by atoms with Crippen LogP contribution in [0.25, 0.3) is 0 Å². The van der Waals surface area contributed by atoms with E-state index in [0.29, 0.717) is 36.4 Å². The molecule has 1 aromatic carbocycles. The van der Waals surface area contributed by atoms with Gasteiger partial charge in [0, 0.05) is 60.2 Å². The van der Waals surface area contributed by atoms with Crippen LogP contribution in [0.15, 0.2) is 29.3 Å². The lowest BCUT2D eigenvalue weighted by molar-refractivity contribution is -0.122. The van der Waals surface area contributed by atoms with Gasteiger partial charge in [-0.05, 0) is 45.9 Å². The molecule has 4 aliphatic rings. The van der Waals surface area contributed by atoms with Crippen molar-refractivity contribution in [3.05, 3.63) is 46.9 Å². The summed E-state index contributed by atoms with van der Waals surface area (Å²) in [6.07, 6.45) is 2.79. The average molecular weight is 498 g/mol. The topological polar surface area (TPSA) is 83.7 Å². The van der Waals surface area contributed by atoms with Gasteiger partial charge in [0.1, 0.15) is 28.4 Å². The third kappa shape index (κ3) is 3.88. The number of halogens is 1. The number of amides is 1. The van der Waals surface area contributed by atoms with Gasteiger partial charge in [-0.1, -0.05) is 17.8 Å². The highest BCUT2D eigenvalue weighted by atomic mass is 32.2. The Balaban J connectivity index is 1.15. The molecule has 4 unspecified atom stereocenters. The van der Waals surface area contributed by atoms with E-state index < -0.39 is 10.8 Å². The number of hydrogen-bond donors (Lipinski definition) is 2. The Labute approximate surface area is 209 Å². The first-order valence-corrected chi connectivity index (χ1v) is 13.2. The highest BCUT2D eigenvalue weighted by molar-refractivity contribution is 8.01. The van der Waals surface area contributed by atoms with Gasteiger partial charge < -0.3 is 20.7 Å². The number of carbonyl (C=O) groups excluding carboxylic acids is 1. The van der Waals surface area contributed by atoms with Crippen molar-refractivity contribution in [2.45, 2.75) is 67.1 Å². The average Bonchev–Trinajstić information content (AvgIpc) is 3.17. The second-order valence-electron chi connectivity index (χ2n) is 10.7. The van der Waals surface area contributed by atoms with Crippen LogP contribution in [0.5, 0.6) is 5.75 Å². The van der Waals surface area contributed by atoms with Crippen LogP contribution in [0.3, 0.4) is 0 Å². The summed E-state index contributed by atoms with van der Waals surface area (Å²) < 4.78 is 21.3. The highest BCUT2D eigenvalue weighted by Crippen LogP contribution is 2.45. The number of likely N-dealkylation sites (N-methyl/N-ethyl adjacent to an activating group) is 1. The van der Waals surface area contributed by atoms with Crippen LogP contribution in [0.1, 0.15) is 36.6 Å². The Morgan fingerprint density at radius 1 is 1.29 bits per heavy atom. The van der Waals surface area contributed by atoms with Gasteiger partial charge in [0.2, 0.25) is 5.91 Å². The molecule has 9 heteroatoms. The third-order valence-electron chi connectivity index (χ3n) is 8.18. The Bertz CT molecular complexity index is 1180. The van der Waals surface area contributed by atoms with Crippen LogP contribution in [0.4, 0.5) is 10.1 Å². The molecule has 35 heavy (non-hydrogen) atoms. The number of thioether (sulfide) groups is 1. The highest BCUT2D eigenvalue weighted by Gasteiger charge is 2.47. The lowest BCUT2D eigenvalue weighted by Gasteiger charge is -2.40. The molecule has 2 aromatic rings. The van der Waals surface area contributed by atoms with Crippen LogP contribution >= 0.6 is 11.8 Å². The zero-order valence-electron chi connectivity index (χ0n) is 20.4. The molecule has 2 bridgehead atoms. The van der Waals surface area contributed by atoms with Crippen LogP contribution in [0, 0.1) is 12.7 Å². The molecule has 0 spiro atoms. The zero-order chi connectivity index (χ0) is 24.5. The van der Waals surface area contributed by atoms with Crippen molar-refractivity contribution >= 4 is 23.4 Å². The fourth-order valence-electron chi connectivity index (χ4n) is 6.03. The Morgan fingerprint density at radius 2 is 2.03 bits per heavy atom. The predicted molar refractivity (Wildman–Crippen MR) is 134 cm³/mol. The molecule has 6 rings (SSSR count). The maximum Gasteiger partial charge on any atom is 0.236 e. The molecule has 0 saturated carbocycles. The summed E-state index contributed by atoms with van der Waals surface area (Å²) in [4.78, 5) is 22.5. The van der Waals surface area contributed by atoms with Gasteiger partial charge >= 0.3 is 0 Å². The number of hydrogen-bond acceptors (Lipinski definition) is 7.